The summed E-state index contributed by atoms with van der Waals surface area (Å²) in [5, 5.41) is 9.58. The van der Waals surface area contributed by atoms with Crippen molar-refractivity contribution < 1.29 is 0 Å². The number of hydrogen-bond acceptors (Lipinski definition) is 2. The molecule has 5 heteroatoms. The Labute approximate surface area is 96.3 Å². The molecule has 3 nitrogen and oxygen atoms in total. The first-order valence-electron chi connectivity index (χ1n) is 4.11. The fourth-order valence-electron chi connectivity index (χ4n) is 1.19. The average Bonchev–Trinajstić information content (AvgIpc) is 2.70. The van der Waals surface area contributed by atoms with Crippen LogP contribution < -0.4 is 0 Å². The van der Waals surface area contributed by atoms with Gasteiger partial charge in [-0.05, 0) is 12.1 Å². The molecule has 1 heterocycles. The molecule has 0 amide bonds. The molecule has 0 spiro atoms. The van der Waals surface area contributed by atoms with Gasteiger partial charge in [0.2, 0.25) is 5.82 Å². The molecule has 1 aromatic carbocycles. The number of imidazole rings is 1. The number of H-pyrrole nitrogens is 1. The summed E-state index contributed by atoms with van der Waals surface area (Å²) in [6.07, 6.45) is 1.58. The third-order valence-electron chi connectivity index (χ3n) is 1.91. The summed E-state index contributed by atoms with van der Waals surface area (Å²) in [6, 6.07) is 7.15. The van der Waals surface area contributed by atoms with Crippen molar-refractivity contribution in [3.8, 4) is 17.3 Å². The number of halogens is 2. The largest absolute Gasteiger partial charge is 0.329 e. The number of nitriles is 1. The lowest BCUT2D eigenvalue weighted by Gasteiger charge is -1.99. The van der Waals surface area contributed by atoms with Gasteiger partial charge < -0.3 is 4.98 Å². The van der Waals surface area contributed by atoms with E-state index in [-0.39, 0.29) is 5.82 Å². The maximum Gasteiger partial charge on any atom is 0.210 e. The van der Waals surface area contributed by atoms with Crippen molar-refractivity contribution in [1.29, 1.82) is 5.26 Å². The zero-order valence-electron chi connectivity index (χ0n) is 7.46. The minimum Gasteiger partial charge on any atom is -0.329 e. The fourth-order valence-corrected chi connectivity index (χ4v) is 1.49. The third-order valence-corrected chi connectivity index (χ3v) is 2.65. The quantitative estimate of drug-likeness (QED) is 0.828. The maximum atomic E-state index is 8.61. The lowest BCUT2D eigenvalue weighted by atomic mass is 10.2. The van der Waals surface area contributed by atoms with Gasteiger partial charge in [-0.1, -0.05) is 29.3 Å². The molecular weight excluding hydrogens is 233 g/mol. The van der Waals surface area contributed by atoms with E-state index in [9.17, 15) is 0 Å². The molecule has 0 atom stereocenters. The van der Waals surface area contributed by atoms with E-state index in [0.717, 1.165) is 11.3 Å². The smallest absolute Gasteiger partial charge is 0.210 e. The Morgan fingerprint density at radius 1 is 1.27 bits per heavy atom. The first-order chi connectivity index (χ1) is 7.20. The molecule has 15 heavy (non-hydrogen) atoms. The van der Waals surface area contributed by atoms with Gasteiger partial charge in [-0.2, -0.15) is 5.26 Å². The lowest BCUT2D eigenvalue weighted by molar-refractivity contribution is 1.23. The van der Waals surface area contributed by atoms with Crippen LogP contribution in [0.1, 0.15) is 5.82 Å². The van der Waals surface area contributed by atoms with Gasteiger partial charge >= 0.3 is 0 Å². The number of nitrogens with one attached hydrogen (secondary N) is 1. The molecule has 1 N–H and O–H groups in total. The van der Waals surface area contributed by atoms with E-state index in [2.05, 4.69) is 9.97 Å². The van der Waals surface area contributed by atoms with E-state index in [4.69, 9.17) is 28.5 Å². The normalized spacial score (nSPS) is 9.93. The van der Waals surface area contributed by atoms with Gasteiger partial charge in [0.1, 0.15) is 6.07 Å². The summed E-state index contributed by atoms with van der Waals surface area (Å²) in [5.41, 5.74) is 1.59. The highest BCUT2D eigenvalue weighted by Gasteiger charge is 2.04. The molecule has 0 fully saturated rings. The van der Waals surface area contributed by atoms with Crippen LogP contribution >= 0.6 is 23.2 Å². The topological polar surface area (TPSA) is 52.5 Å². The predicted molar refractivity (Wildman–Crippen MR) is 58.8 cm³/mol. The Bertz CT molecular complexity index is 540. The molecule has 0 aliphatic heterocycles. The Morgan fingerprint density at radius 3 is 2.67 bits per heavy atom. The lowest BCUT2D eigenvalue weighted by Crippen LogP contribution is -1.79. The van der Waals surface area contributed by atoms with Crippen LogP contribution in [0.5, 0.6) is 0 Å². The van der Waals surface area contributed by atoms with Crippen LogP contribution in [0.25, 0.3) is 11.3 Å². The summed E-state index contributed by atoms with van der Waals surface area (Å²) in [6.45, 7) is 0. The highest BCUT2D eigenvalue weighted by Crippen LogP contribution is 2.27. The van der Waals surface area contributed by atoms with E-state index in [1.807, 2.05) is 12.1 Å². The fraction of sp³-hybridized carbons (Fsp3) is 0. The Kier molecular flexibility index (Phi) is 2.63. The van der Waals surface area contributed by atoms with E-state index < -0.39 is 0 Å². The first kappa shape index (κ1) is 10.0. The standard InChI is InChI=1S/C10H5Cl2N3/c11-7-2-1-6(3-8(7)12)9-5-14-10(4-13)15-9/h1-3,5H,(H,14,15). The van der Waals surface area contributed by atoms with Crippen LogP contribution in [0.4, 0.5) is 0 Å². The van der Waals surface area contributed by atoms with Crippen LogP contribution in [-0.2, 0) is 0 Å². The molecule has 0 saturated heterocycles. The SMILES string of the molecule is N#Cc1ncc(-c2ccc(Cl)c(Cl)c2)[nH]1. The van der Waals surface area contributed by atoms with Gasteiger partial charge in [-0.3, -0.25) is 0 Å². The van der Waals surface area contributed by atoms with Crippen molar-refractivity contribution in [2.75, 3.05) is 0 Å². The second-order valence-electron chi connectivity index (χ2n) is 2.89. The monoisotopic (exact) mass is 237 g/mol. The molecule has 0 radical (unpaired) electrons. The van der Waals surface area contributed by atoms with E-state index in [1.165, 1.54) is 0 Å². The van der Waals surface area contributed by atoms with Gasteiger partial charge in [0, 0.05) is 5.56 Å². The van der Waals surface area contributed by atoms with Crippen LogP contribution in [0, 0.1) is 11.3 Å². The van der Waals surface area contributed by atoms with Crippen molar-refractivity contribution in [2.24, 2.45) is 0 Å². The summed E-state index contributed by atoms with van der Waals surface area (Å²) < 4.78 is 0. The minimum atomic E-state index is 0.274. The van der Waals surface area contributed by atoms with Crippen molar-refractivity contribution in [2.45, 2.75) is 0 Å². The van der Waals surface area contributed by atoms with Crippen LogP contribution in [-0.4, -0.2) is 9.97 Å². The van der Waals surface area contributed by atoms with Crippen molar-refractivity contribution in [3.05, 3.63) is 40.3 Å². The molecule has 2 aromatic rings. The highest BCUT2D eigenvalue weighted by atomic mass is 35.5. The minimum absolute atomic E-state index is 0.274. The van der Waals surface area contributed by atoms with Crippen molar-refractivity contribution in [1.82, 2.24) is 9.97 Å². The Balaban J connectivity index is 2.46. The van der Waals surface area contributed by atoms with Crippen molar-refractivity contribution >= 4 is 23.2 Å². The average molecular weight is 238 g/mol. The van der Waals surface area contributed by atoms with E-state index >= 15 is 0 Å². The van der Waals surface area contributed by atoms with Gasteiger partial charge in [0.25, 0.3) is 0 Å². The number of nitrogens with zero attached hydrogens (tertiary/aromatic N) is 2. The Morgan fingerprint density at radius 2 is 2.07 bits per heavy atom. The Hall–Kier alpha value is -1.50. The molecule has 0 bridgehead atoms. The van der Waals surface area contributed by atoms with Crippen LogP contribution in [0.2, 0.25) is 10.0 Å². The summed E-state index contributed by atoms with van der Waals surface area (Å²) in [7, 11) is 0. The predicted octanol–water partition coefficient (Wildman–Crippen LogP) is 3.26. The zero-order chi connectivity index (χ0) is 10.8. The number of rotatable bonds is 1. The first-order valence-corrected chi connectivity index (χ1v) is 4.87. The summed E-state index contributed by atoms with van der Waals surface area (Å²) in [4.78, 5) is 6.72. The number of benzene rings is 1. The molecular formula is C10H5Cl2N3. The number of aromatic nitrogens is 2. The number of aromatic amines is 1. The van der Waals surface area contributed by atoms with Gasteiger partial charge in [0.05, 0.1) is 21.9 Å². The van der Waals surface area contributed by atoms with Gasteiger partial charge in [0.15, 0.2) is 0 Å². The van der Waals surface area contributed by atoms with Gasteiger partial charge in [-0.25, -0.2) is 4.98 Å². The molecule has 0 saturated carbocycles. The molecule has 0 unspecified atom stereocenters. The molecule has 0 aliphatic carbocycles. The van der Waals surface area contributed by atoms with E-state index in [0.29, 0.717) is 10.0 Å². The van der Waals surface area contributed by atoms with Crippen molar-refractivity contribution in [3.63, 3.8) is 0 Å². The number of hydrogen-bond donors (Lipinski definition) is 1. The zero-order valence-corrected chi connectivity index (χ0v) is 8.97. The molecule has 74 valence electrons. The second kappa shape index (κ2) is 3.93. The maximum absolute atomic E-state index is 8.61. The van der Waals surface area contributed by atoms with Gasteiger partial charge in [-0.15, -0.1) is 0 Å². The van der Waals surface area contributed by atoms with E-state index in [1.54, 1.807) is 18.3 Å². The van der Waals surface area contributed by atoms with Crippen LogP contribution in [0.3, 0.4) is 0 Å². The highest BCUT2D eigenvalue weighted by molar-refractivity contribution is 6.42. The molecule has 2 rings (SSSR count). The third kappa shape index (κ3) is 1.96. The second-order valence-corrected chi connectivity index (χ2v) is 3.70. The summed E-state index contributed by atoms with van der Waals surface area (Å²) in [5.74, 6) is 0.274. The molecule has 0 aliphatic rings. The summed E-state index contributed by atoms with van der Waals surface area (Å²) >= 11 is 11.7. The molecule has 1 aromatic heterocycles. The van der Waals surface area contributed by atoms with Crippen LogP contribution in [0.15, 0.2) is 24.4 Å².